The molecule has 0 aliphatic heterocycles. The predicted molar refractivity (Wildman–Crippen MR) is 156 cm³/mol. The van der Waals surface area contributed by atoms with Gasteiger partial charge in [0.15, 0.2) is 5.96 Å². The molecule has 0 aromatic heterocycles. The maximum atomic E-state index is 13.2. The molecule has 3 aromatic rings. The van der Waals surface area contributed by atoms with E-state index in [0.717, 1.165) is 16.7 Å². The van der Waals surface area contributed by atoms with Crippen LogP contribution in [0.15, 0.2) is 76.6 Å². The van der Waals surface area contributed by atoms with Gasteiger partial charge in [0.2, 0.25) is 5.91 Å². The number of benzene rings is 3. The molecule has 0 saturated carbocycles. The summed E-state index contributed by atoms with van der Waals surface area (Å²) in [6.07, 6.45) is 0.0969. The van der Waals surface area contributed by atoms with Gasteiger partial charge in [0.1, 0.15) is 6.04 Å². The summed E-state index contributed by atoms with van der Waals surface area (Å²) in [7, 11) is -3.97. The molecule has 3 rings (SSSR count). The van der Waals surface area contributed by atoms with Gasteiger partial charge >= 0.3 is 5.97 Å². The molecular formula is C29H35N5O5S. The second kappa shape index (κ2) is 13.1. The standard InChI is InChI=1S/C29H35N5O5S/c1-5-39-28(36)26(33-27(35)20(4)25-13-12-18(2)14-19(25)3)16-21-8-6-10-23(15-21)34-40(37,38)24-11-7-9-22(17-24)32-29(30)31/h6-15,17,20,26,34H,5,16H2,1-4H3,(H,33,35)(H4,30,31,32). The third kappa shape index (κ3) is 8.06. The lowest BCUT2D eigenvalue weighted by atomic mass is 9.94. The Kier molecular flexibility index (Phi) is 9.89. The summed E-state index contributed by atoms with van der Waals surface area (Å²) in [5, 5.41) is 2.82. The van der Waals surface area contributed by atoms with Crippen LogP contribution in [0.25, 0.3) is 0 Å². The monoisotopic (exact) mass is 565 g/mol. The Labute approximate surface area is 234 Å². The molecule has 0 radical (unpaired) electrons. The van der Waals surface area contributed by atoms with Gasteiger partial charge in [0.05, 0.1) is 23.1 Å². The highest BCUT2D eigenvalue weighted by Gasteiger charge is 2.26. The molecule has 2 atom stereocenters. The Balaban J connectivity index is 1.80. The quantitative estimate of drug-likeness (QED) is 0.157. The Hall–Kier alpha value is -4.38. The zero-order valence-corrected chi connectivity index (χ0v) is 23.8. The van der Waals surface area contributed by atoms with Crippen LogP contribution in [0.2, 0.25) is 0 Å². The SMILES string of the molecule is CCOC(=O)C(Cc1cccc(NS(=O)(=O)c2cccc(N=C(N)N)c2)c1)NC(=O)C(C)c1ccc(C)cc1C. The minimum Gasteiger partial charge on any atom is -0.464 e. The lowest BCUT2D eigenvalue weighted by Crippen LogP contribution is -2.45. The van der Waals surface area contributed by atoms with Crippen LogP contribution in [0.1, 0.15) is 42.0 Å². The molecule has 212 valence electrons. The highest BCUT2D eigenvalue weighted by atomic mass is 32.2. The summed E-state index contributed by atoms with van der Waals surface area (Å²) in [6.45, 7) is 7.55. The maximum Gasteiger partial charge on any atom is 0.328 e. The van der Waals surface area contributed by atoms with Crippen LogP contribution >= 0.6 is 0 Å². The first-order chi connectivity index (χ1) is 18.9. The highest BCUT2D eigenvalue weighted by molar-refractivity contribution is 7.92. The fraction of sp³-hybridized carbons (Fsp3) is 0.276. The highest BCUT2D eigenvalue weighted by Crippen LogP contribution is 2.23. The number of esters is 1. The van der Waals surface area contributed by atoms with Gasteiger partial charge in [-0.1, -0.05) is 42.0 Å². The minimum atomic E-state index is -3.97. The molecule has 0 fully saturated rings. The number of sulfonamides is 1. The fourth-order valence-electron chi connectivity index (χ4n) is 4.27. The smallest absolute Gasteiger partial charge is 0.328 e. The number of nitrogens with one attached hydrogen (secondary N) is 2. The number of carbonyl (C=O) groups is 2. The van der Waals surface area contributed by atoms with Gasteiger partial charge in [0.25, 0.3) is 10.0 Å². The third-order valence-electron chi connectivity index (χ3n) is 6.18. The van der Waals surface area contributed by atoms with Crippen molar-refractivity contribution in [2.45, 2.75) is 51.0 Å². The average Bonchev–Trinajstić information content (AvgIpc) is 2.88. The second-order valence-corrected chi connectivity index (χ2v) is 11.1. The Morgan fingerprint density at radius 1 is 1.00 bits per heavy atom. The number of ether oxygens (including phenoxy) is 1. The summed E-state index contributed by atoms with van der Waals surface area (Å²) in [5.74, 6) is -1.58. The van der Waals surface area contributed by atoms with Crippen molar-refractivity contribution in [3.63, 3.8) is 0 Å². The normalized spacial score (nSPS) is 12.6. The predicted octanol–water partition coefficient (Wildman–Crippen LogP) is 3.40. The number of guanidine groups is 1. The fourth-order valence-corrected chi connectivity index (χ4v) is 5.36. The number of carbonyl (C=O) groups excluding carboxylic acids is 2. The van der Waals surface area contributed by atoms with Crippen molar-refractivity contribution in [3.8, 4) is 0 Å². The lowest BCUT2D eigenvalue weighted by molar-refractivity contribution is -0.147. The van der Waals surface area contributed by atoms with Crippen molar-refractivity contribution in [3.05, 3.63) is 89.0 Å². The Morgan fingerprint density at radius 2 is 1.73 bits per heavy atom. The maximum absolute atomic E-state index is 13.2. The number of hydrogen-bond acceptors (Lipinski definition) is 6. The van der Waals surface area contributed by atoms with Gasteiger partial charge in [-0.2, -0.15) is 0 Å². The first-order valence-corrected chi connectivity index (χ1v) is 14.2. The summed E-state index contributed by atoms with van der Waals surface area (Å²) >= 11 is 0. The zero-order chi connectivity index (χ0) is 29.4. The first kappa shape index (κ1) is 30.2. The van der Waals surface area contributed by atoms with Crippen molar-refractivity contribution in [2.75, 3.05) is 11.3 Å². The van der Waals surface area contributed by atoms with Gasteiger partial charge in [-0.25, -0.2) is 18.2 Å². The summed E-state index contributed by atoms with van der Waals surface area (Å²) in [5.41, 5.74) is 14.9. The van der Waals surface area contributed by atoms with E-state index in [-0.39, 0.29) is 35.5 Å². The molecule has 0 heterocycles. The van der Waals surface area contributed by atoms with Crippen LogP contribution in [0.4, 0.5) is 11.4 Å². The van der Waals surface area contributed by atoms with Crippen LogP contribution < -0.4 is 21.5 Å². The van der Waals surface area contributed by atoms with E-state index in [1.165, 1.54) is 18.2 Å². The molecular weight excluding hydrogens is 530 g/mol. The number of anilines is 1. The van der Waals surface area contributed by atoms with Gasteiger partial charge < -0.3 is 21.5 Å². The van der Waals surface area contributed by atoms with Crippen molar-refractivity contribution < 1.29 is 22.7 Å². The molecule has 10 nitrogen and oxygen atoms in total. The largest absolute Gasteiger partial charge is 0.464 e. The molecule has 2 unspecified atom stereocenters. The molecule has 0 aliphatic rings. The Bertz CT molecular complexity index is 1520. The van der Waals surface area contributed by atoms with Gasteiger partial charge in [-0.3, -0.25) is 9.52 Å². The minimum absolute atomic E-state index is 0.0301. The number of rotatable bonds is 11. The molecule has 3 aromatic carbocycles. The third-order valence-corrected chi connectivity index (χ3v) is 7.56. The van der Waals surface area contributed by atoms with Gasteiger partial charge in [0, 0.05) is 12.1 Å². The van der Waals surface area contributed by atoms with E-state index in [2.05, 4.69) is 15.0 Å². The van der Waals surface area contributed by atoms with Crippen molar-refractivity contribution in [2.24, 2.45) is 16.5 Å². The molecule has 1 amide bonds. The lowest BCUT2D eigenvalue weighted by Gasteiger charge is -2.21. The number of amides is 1. The molecule has 0 spiro atoms. The zero-order valence-electron chi connectivity index (χ0n) is 23.0. The van der Waals surface area contributed by atoms with Crippen molar-refractivity contribution in [1.29, 1.82) is 0 Å². The molecule has 0 aliphatic carbocycles. The number of nitrogens with two attached hydrogens (primary N) is 2. The van der Waals surface area contributed by atoms with E-state index in [4.69, 9.17) is 16.2 Å². The summed E-state index contributed by atoms with van der Waals surface area (Å²) in [4.78, 5) is 29.8. The van der Waals surface area contributed by atoms with E-state index in [1.807, 2.05) is 32.0 Å². The van der Waals surface area contributed by atoms with Crippen molar-refractivity contribution in [1.82, 2.24) is 5.32 Å². The van der Waals surface area contributed by atoms with E-state index < -0.39 is 28.0 Å². The van der Waals surface area contributed by atoms with Crippen LogP contribution in [-0.4, -0.2) is 38.9 Å². The van der Waals surface area contributed by atoms with Crippen molar-refractivity contribution >= 4 is 39.2 Å². The van der Waals surface area contributed by atoms with Crippen LogP contribution in [0.3, 0.4) is 0 Å². The average molecular weight is 566 g/mol. The van der Waals surface area contributed by atoms with Crippen LogP contribution in [-0.2, 0) is 30.8 Å². The van der Waals surface area contributed by atoms with E-state index >= 15 is 0 Å². The number of aliphatic imine (C=N–C) groups is 1. The van der Waals surface area contributed by atoms with E-state index in [1.54, 1.807) is 44.2 Å². The van der Waals surface area contributed by atoms with Crippen LogP contribution in [0.5, 0.6) is 0 Å². The van der Waals surface area contributed by atoms with Crippen LogP contribution in [0, 0.1) is 13.8 Å². The molecule has 40 heavy (non-hydrogen) atoms. The first-order valence-electron chi connectivity index (χ1n) is 12.7. The van der Waals surface area contributed by atoms with Gasteiger partial charge in [-0.15, -0.1) is 0 Å². The van der Waals surface area contributed by atoms with Gasteiger partial charge in [-0.05, 0) is 74.7 Å². The topological polar surface area (TPSA) is 166 Å². The number of aryl methyl sites for hydroxylation is 2. The number of hydrogen-bond donors (Lipinski definition) is 4. The summed E-state index contributed by atoms with van der Waals surface area (Å²) in [6, 6.07) is 17.3. The Morgan fingerprint density at radius 3 is 2.40 bits per heavy atom. The molecule has 0 saturated heterocycles. The van der Waals surface area contributed by atoms with E-state index in [9.17, 15) is 18.0 Å². The van der Waals surface area contributed by atoms with E-state index in [0.29, 0.717) is 11.3 Å². The summed E-state index contributed by atoms with van der Waals surface area (Å²) < 4.78 is 33.8. The molecule has 0 bridgehead atoms. The number of nitrogens with zero attached hydrogens (tertiary/aromatic N) is 1. The molecule has 11 heteroatoms. The molecule has 6 N–H and O–H groups in total. The second-order valence-electron chi connectivity index (χ2n) is 9.44.